The average Bonchev–Trinajstić information content (AvgIpc) is 2.71. The second kappa shape index (κ2) is 5.44. The first-order valence-electron chi connectivity index (χ1n) is 7.42. The van der Waals surface area contributed by atoms with Crippen molar-refractivity contribution >= 4 is 16.7 Å². The zero-order valence-corrected chi connectivity index (χ0v) is 13.1. The van der Waals surface area contributed by atoms with E-state index >= 15 is 0 Å². The summed E-state index contributed by atoms with van der Waals surface area (Å²) < 4.78 is 54.7. The Balaban J connectivity index is 2.06. The highest BCUT2D eigenvalue weighted by Gasteiger charge is 2.51. The first kappa shape index (κ1) is 16.7. The lowest BCUT2D eigenvalue weighted by atomic mass is 9.93. The van der Waals surface area contributed by atoms with Crippen molar-refractivity contribution in [3.05, 3.63) is 47.8 Å². The molecule has 1 unspecified atom stereocenters. The van der Waals surface area contributed by atoms with Crippen molar-refractivity contribution in [1.29, 1.82) is 0 Å². The standard InChI is InChI=1S/C17H16F4N2O/c1-16(2)9-23(22-15(16)24)14(17(19,20)21)11-6-7-12-10(8-11)4-3-5-13(12)18/h3-8,14H,9H2,1-2H3,(H,22,24). The van der Waals surface area contributed by atoms with E-state index in [-0.39, 0.29) is 17.5 Å². The Morgan fingerprint density at radius 2 is 1.92 bits per heavy atom. The molecule has 1 heterocycles. The summed E-state index contributed by atoms with van der Waals surface area (Å²) in [4.78, 5) is 11.9. The molecular formula is C17H16F4N2O. The molecule has 0 spiro atoms. The van der Waals surface area contributed by atoms with Crippen molar-refractivity contribution in [2.45, 2.75) is 26.1 Å². The maximum atomic E-state index is 13.7. The number of carbonyl (C=O) groups is 1. The van der Waals surface area contributed by atoms with Gasteiger partial charge < -0.3 is 0 Å². The Kier molecular flexibility index (Phi) is 3.79. The largest absolute Gasteiger partial charge is 0.409 e. The first-order valence-corrected chi connectivity index (χ1v) is 7.42. The maximum Gasteiger partial charge on any atom is 0.409 e. The highest BCUT2D eigenvalue weighted by atomic mass is 19.4. The summed E-state index contributed by atoms with van der Waals surface area (Å²) >= 11 is 0. The molecule has 0 radical (unpaired) electrons. The summed E-state index contributed by atoms with van der Waals surface area (Å²) in [5, 5.41) is 1.54. The number of alkyl halides is 3. The molecule has 128 valence electrons. The molecular weight excluding hydrogens is 324 g/mol. The number of nitrogens with zero attached hydrogens (tertiary/aromatic N) is 1. The van der Waals surface area contributed by atoms with Gasteiger partial charge in [0.15, 0.2) is 0 Å². The van der Waals surface area contributed by atoms with Crippen molar-refractivity contribution in [1.82, 2.24) is 10.4 Å². The average molecular weight is 340 g/mol. The van der Waals surface area contributed by atoms with Gasteiger partial charge in [-0.2, -0.15) is 13.2 Å². The van der Waals surface area contributed by atoms with Crippen LogP contribution in [0.25, 0.3) is 10.8 Å². The van der Waals surface area contributed by atoms with Gasteiger partial charge in [-0.15, -0.1) is 0 Å². The van der Waals surface area contributed by atoms with Gasteiger partial charge in [-0.05, 0) is 36.9 Å². The fraction of sp³-hybridized carbons (Fsp3) is 0.353. The van der Waals surface area contributed by atoms with Crippen LogP contribution in [0.5, 0.6) is 0 Å². The molecule has 3 nitrogen and oxygen atoms in total. The number of halogens is 4. The molecule has 2 aromatic carbocycles. The zero-order chi connectivity index (χ0) is 17.7. The topological polar surface area (TPSA) is 32.3 Å². The summed E-state index contributed by atoms with van der Waals surface area (Å²) in [5.41, 5.74) is 1.36. The molecule has 1 saturated heterocycles. The molecule has 1 atom stereocenters. The van der Waals surface area contributed by atoms with Crippen LogP contribution in [0.4, 0.5) is 17.6 Å². The highest BCUT2D eigenvalue weighted by Crippen LogP contribution is 2.41. The Morgan fingerprint density at radius 3 is 2.50 bits per heavy atom. The van der Waals surface area contributed by atoms with Gasteiger partial charge in [0.05, 0.1) is 5.41 Å². The number of amides is 1. The van der Waals surface area contributed by atoms with Gasteiger partial charge in [0, 0.05) is 11.9 Å². The fourth-order valence-electron chi connectivity index (χ4n) is 2.95. The summed E-state index contributed by atoms with van der Waals surface area (Å²) in [7, 11) is 0. The van der Waals surface area contributed by atoms with E-state index in [2.05, 4.69) is 5.43 Å². The third kappa shape index (κ3) is 2.84. The Labute approximate surface area is 136 Å². The molecule has 0 bridgehead atoms. The van der Waals surface area contributed by atoms with Crippen LogP contribution in [0.15, 0.2) is 36.4 Å². The minimum absolute atomic E-state index is 0.0430. The van der Waals surface area contributed by atoms with Crippen molar-refractivity contribution in [3.8, 4) is 0 Å². The fourth-order valence-corrected chi connectivity index (χ4v) is 2.95. The predicted octanol–water partition coefficient (Wildman–Crippen LogP) is 3.96. The van der Waals surface area contributed by atoms with Gasteiger partial charge in [0.25, 0.3) is 0 Å². The van der Waals surface area contributed by atoms with E-state index in [1.54, 1.807) is 19.9 Å². The van der Waals surface area contributed by atoms with Crippen LogP contribution in [-0.2, 0) is 4.79 Å². The van der Waals surface area contributed by atoms with E-state index in [1.165, 1.54) is 30.3 Å². The van der Waals surface area contributed by atoms with Crippen molar-refractivity contribution in [2.75, 3.05) is 6.54 Å². The molecule has 7 heteroatoms. The zero-order valence-electron chi connectivity index (χ0n) is 13.1. The highest BCUT2D eigenvalue weighted by molar-refractivity contribution is 5.84. The van der Waals surface area contributed by atoms with E-state index in [9.17, 15) is 22.4 Å². The minimum atomic E-state index is -4.59. The van der Waals surface area contributed by atoms with Crippen LogP contribution in [0, 0.1) is 11.2 Å². The van der Waals surface area contributed by atoms with Crippen LogP contribution in [0.3, 0.4) is 0 Å². The lowest BCUT2D eigenvalue weighted by Crippen LogP contribution is -2.43. The van der Waals surface area contributed by atoms with Gasteiger partial charge in [-0.25, -0.2) is 9.40 Å². The summed E-state index contributed by atoms with van der Waals surface area (Å²) in [5.74, 6) is -0.943. The van der Waals surface area contributed by atoms with Crippen LogP contribution >= 0.6 is 0 Å². The summed E-state index contributed by atoms with van der Waals surface area (Å²) in [6, 6.07) is 6.17. The number of nitrogens with one attached hydrogen (secondary N) is 1. The van der Waals surface area contributed by atoms with Gasteiger partial charge in [0.1, 0.15) is 11.9 Å². The number of hydrogen-bond donors (Lipinski definition) is 1. The molecule has 0 aromatic heterocycles. The third-order valence-corrected chi connectivity index (χ3v) is 4.21. The molecule has 1 aliphatic heterocycles. The van der Waals surface area contributed by atoms with Crippen molar-refractivity contribution in [2.24, 2.45) is 5.41 Å². The van der Waals surface area contributed by atoms with E-state index in [1.807, 2.05) is 0 Å². The normalized spacial score (nSPS) is 19.5. The molecule has 0 aliphatic carbocycles. The molecule has 1 fully saturated rings. The van der Waals surface area contributed by atoms with E-state index in [0.717, 1.165) is 5.01 Å². The molecule has 0 saturated carbocycles. The molecule has 1 N–H and O–H groups in total. The van der Waals surface area contributed by atoms with Crippen LogP contribution in [0.1, 0.15) is 25.5 Å². The first-order chi connectivity index (χ1) is 11.1. The van der Waals surface area contributed by atoms with Crippen molar-refractivity contribution < 1.29 is 22.4 Å². The smallest absolute Gasteiger partial charge is 0.287 e. The van der Waals surface area contributed by atoms with Gasteiger partial charge in [0.2, 0.25) is 5.91 Å². The number of hydrazine groups is 1. The third-order valence-electron chi connectivity index (χ3n) is 4.21. The van der Waals surface area contributed by atoms with Gasteiger partial charge >= 0.3 is 6.18 Å². The van der Waals surface area contributed by atoms with E-state index in [4.69, 9.17) is 0 Å². The summed E-state index contributed by atoms with van der Waals surface area (Å²) in [6.45, 7) is 3.11. The SMILES string of the molecule is CC1(C)CN(C(c2ccc3c(F)cccc3c2)C(F)(F)F)NC1=O. The molecule has 24 heavy (non-hydrogen) atoms. The number of benzene rings is 2. The van der Waals surface area contributed by atoms with Crippen LogP contribution in [0.2, 0.25) is 0 Å². The minimum Gasteiger partial charge on any atom is -0.287 e. The van der Waals surface area contributed by atoms with Crippen LogP contribution < -0.4 is 5.43 Å². The quantitative estimate of drug-likeness (QED) is 0.840. The Hall–Kier alpha value is -2.15. The molecule has 2 aromatic rings. The second-order valence-electron chi connectivity index (χ2n) is 6.62. The Morgan fingerprint density at radius 1 is 1.21 bits per heavy atom. The lowest BCUT2D eigenvalue weighted by molar-refractivity contribution is -0.191. The molecule has 3 rings (SSSR count). The predicted molar refractivity (Wildman–Crippen MR) is 81.3 cm³/mol. The Bertz CT molecular complexity index is 801. The molecule has 1 amide bonds. The second-order valence-corrected chi connectivity index (χ2v) is 6.62. The maximum absolute atomic E-state index is 13.7. The van der Waals surface area contributed by atoms with Crippen LogP contribution in [-0.4, -0.2) is 23.6 Å². The van der Waals surface area contributed by atoms with E-state index in [0.29, 0.717) is 5.39 Å². The molecule has 1 aliphatic rings. The summed E-state index contributed by atoms with van der Waals surface area (Å²) in [6.07, 6.45) is -4.59. The number of rotatable bonds is 2. The number of hydrogen-bond acceptors (Lipinski definition) is 2. The number of carbonyl (C=O) groups excluding carboxylic acids is 1. The van der Waals surface area contributed by atoms with Gasteiger partial charge in [-0.1, -0.05) is 24.3 Å². The number of fused-ring (bicyclic) bond motifs is 1. The van der Waals surface area contributed by atoms with Crippen molar-refractivity contribution in [3.63, 3.8) is 0 Å². The monoisotopic (exact) mass is 340 g/mol. The van der Waals surface area contributed by atoms with Gasteiger partial charge in [-0.3, -0.25) is 10.2 Å². The lowest BCUT2D eigenvalue weighted by Gasteiger charge is -2.30. The van der Waals surface area contributed by atoms with E-state index < -0.39 is 29.4 Å².